The number of hydrogen-bond acceptors (Lipinski definition) is 3. The predicted octanol–water partition coefficient (Wildman–Crippen LogP) is 1.76. The number of rotatable bonds is 2. The molecule has 0 bridgehead atoms. The van der Waals surface area contributed by atoms with Gasteiger partial charge in [-0.1, -0.05) is 19.3 Å². The van der Waals surface area contributed by atoms with Crippen LogP contribution in [-0.4, -0.2) is 47.4 Å². The molecule has 0 N–H and O–H groups in total. The molecule has 0 spiro atoms. The first-order valence-corrected chi connectivity index (χ1v) is 7.04. The van der Waals surface area contributed by atoms with Crippen molar-refractivity contribution in [3.8, 4) is 6.07 Å². The molecule has 2 rings (SSSR count). The summed E-state index contributed by atoms with van der Waals surface area (Å²) in [7, 11) is 1.85. The van der Waals surface area contributed by atoms with Gasteiger partial charge in [-0.05, 0) is 19.8 Å². The number of carbonyl (C=O) groups excluding carboxylic acids is 1. The van der Waals surface area contributed by atoms with Crippen molar-refractivity contribution in [3.05, 3.63) is 0 Å². The van der Waals surface area contributed by atoms with Crippen LogP contribution in [0.4, 0.5) is 0 Å². The Morgan fingerprint density at radius 2 is 2.00 bits per heavy atom. The maximum absolute atomic E-state index is 12.2. The van der Waals surface area contributed by atoms with E-state index in [-0.39, 0.29) is 11.9 Å². The maximum Gasteiger partial charge on any atom is 0.240 e. The van der Waals surface area contributed by atoms with Gasteiger partial charge < -0.3 is 4.90 Å². The van der Waals surface area contributed by atoms with E-state index in [9.17, 15) is 4.79 Å². The molecule has 100 valence electrons. The highest BCUT2D eigenvalue weighted by atomic mass is 16.2. The number of nitriles is 1. The minimum atomic E-state index is -0.216. The molecule has 4 heteroatoms. The molecular formula is C14H23N3O. The van der Waals surface area contributed by atoms with Gasteiger partial charge in [0.05, 0.1) is 12.5 Å². The third kappa shape index (κ3) is 2.51. The van der Waals surface area contributed by atoms with Crippen LogP contribution in [0, 0.1) is 11.3 Å². The highest BCUT2D eigenvalue weighted by Gasteiger charge is 2.40. The van der Waals surface area contributed by atoms with E-state index in [2.05, 4.69) is 17.9 Å². The zero-order valence-corrected chi connectivity index (χ0v) is 11.4. The number of piperazine rings is 1. The number of carbonyl (C=O) groups is 1. The average molecular weight is 249 g/mol. The lowest BCUT2D eigenvalue weighted by atomic mass is 9.90. The lowest BCUT2D eigenvalue weighted by molar-refractivity contribution is -0.145. The highest BCUT2D eigenvalue weighted by molar-refractivity contribution is 5.83. The molecule has 1 saturated carbocycles. The Hall–Kier alpha value is -1.08. The fraction of sp³-hybridized carbons (Fsp3) is 0.857. The largest absolute Gasteiger partial charge is 0.343 e. The van der Waals surface area contributed by atoms with E-state index >= 15 is 0 Å². The van der Waals surface area contributed by atoms with Gasteiger partial charge in [0.25, 0.3) is 0 Å². The molecular weight excluding hydrogens is 226 g/mol. The quantitative estimate of drug-likeness (QED) is 0.749. The second-order valence-corrected chi connectivity index (χ2v) is 5.68. The van der Waals surface area contributed by atoms with Crippen molar-refractivity contribution in [3.63, 3.8) is 0 Å². The van der Waals surface area contributed by atoms with Gasteiger partial charge in [0.2, 0.25) is 5.91 Å². The minimum absolute atomic E-state index is 0.125. The van der Waals surface area contributed by atoms with Gasteiger partial charge in [-0.2, -0.15) is 5.26 Å². The van der Waals surface area contributed by atoms with Crippen LogP contribution in [0.1, 0.15) is 45.4 Å². The Morgan fingerprint density at radius 3 is 2.61 bits per heavy atom. The molecule has 1 saturated heterocycles. The smallest absolute Gasteiger partial charge is 0.240 e. The Balaban J connectivity index is 2.17. The standard InChI is InChI=1S/C14H23N3O/c1-11-10-16(2)14(18)13(8-9-15)17(11)12-6-4-3-5-7-12/h11-13H,3-8,10H2,1-2H3. The molecule has 1 aliphatic heterocycles. The summed E-state index contributed by atoms with van der Waals surface area (Å²) in [6.07, 6.45) is 6.53. The minimum Gasteiger partial charge on any atom is -0.343 e. The monoisotopic (exact) mass is 249 g/mol. The van der Waals surface area contributed by atoms with Gasteiger partial charge >= 0.3 is 0 Å². The Labute approximate surface area is 110 Å². The summed E-state index contributed by atoms with van der Waals surface area (Å²) in [6.45, 7) is 2.97. The van der Waals surface area contributed by atoms with Gasteiger partial charge in [0, 0.05) is 25.7 Å². The molecule has 1 aliphatic carbocycles. The van der Waals surface area contributed by atoms with E-state index < -0.39 is 0 Å². The molecule has 0 radical (unpaired) electrons. The molecule has 1 heterocycles. The number of hydrogen-bond donors (Lipinski definition) is 0. The van der Waals surface area contributed by atoms with Gasteiger partial charge in [-0.25, -0.2) is 0 Å². The molecule has 18 heavy (non-hydrogen) atoms. The van der Waals surface area contributed by atoms with Crippen molar-refractivity contribution in [2.45, 2.75) is 63.6 Å². The second-order valence-electron chi connectivity index (χ2n) is 5.68. The first-order valence-electron chi connectivity index (χ1n) is 7.04. The third-order valence-electron chi connectivity index (χ3n) is 4.35. The van der Waals surface area contributed by atoms with Gasteiger partial charge in [-0.15, -0.1) is 0 Å². The fourth-order valence-corrected chi connectivity index (χ4v) is 3.54. The molecule has 0 aromatic carbocycles. The molecule has 2 atom stereocenters. The molecule has 0 aromatic heterocycles. The zero-order chi connectivity index (χ0) is 13.1. The summed E-state index contributed by atoms with van der Waals surface area (Å²) in [5.74, 6) is 0.125. The zero-order valence-electron chi connectivity index (χ0n) is 11.4. The molecule has 2 fully saturated rings. The second kappa shape index (κ2) is 5.71. The van der Waals surface area contributed by atoms with Crippen molar-refractivity contribution in [1.82, 2.24) is 9.80 Å². The highest BCUT2D eigenvalue weighted by Crippen LogP contribution is 2.29. The van der Waals surface area contributed by atoms with E-state index in [1.165, 1.54) is 32.1 Å². The van der Waals surface area contributed by atoms with Crippen LogP contribution >= 0.6 is 0 Å². The van der Waals surface area contributed by atoms with Crippen LogP contribution in [0.3, 0.4) is 0 Å². The Bertz CT molecular complexity index is 343. The number of nitrogens with zero attached hydrogens (tertiary/aromatic N) is 3. The van der Waals surface area contributed by atoms with Gasteiger partial charge in [0.15, 0.2) is 0 Å². The maximum atomic E-state index is 12.2. The molecule has 2 unspecified atom stereocenters. The first kappa shape index (κ1) is 13.4. The summed E-state index contributed by atoms with van der Waals surface area (Å²) in [5.41, 5.74) is 0. The van der Waals surface area contributed by atoms with Crippen LogP contribution in [-0.2, 0) is 4.79 Å². The Kier molecular flexibility index (Phi) is 4.23. The van der Waals surface area contributed by atoms with E-state index in [0.29, 0.717) is 18.5 Å². The van der Waals surface area contributed by atoms with Crippen molar-refractivity contribution in [1.29, 1.82) is 5.26 Å². The van der Waals surface area contributed by atoms with E-state index in [4.69, 9.17) is 5.26 Å². The van der Waals surface area contributed by atoms with Crippen LogP contribution in [0.5, 0.6) is 0 Å². The summed E-state index contributed by atoms with van der Waals surface area (Å²) in [6, 6.07) is 2.85. The van der Waals surface area contributed by atoms with Gasteiger partial charge in [-0.3, -0.25) is 9.69 Å². The van der Waals surface area contributed by atoms with Gasteiger partial charge in [0.1, 0.15) is 6.04 Å². The number of likely N-dealkylation sites (N-methyl/N-ethyl adjacent to an activating group) is 1. The summed E-state index contributed by atoms with van der Waals surface area (Å²) >= 11 is 0. The predicted molar refractivity (Wildman–Crippen MR) is 69.8 cm³/mol. The summed E-state index contributed by atoms with van der Waals surface area (Å²) < 4.78 is 0. The lowest BCUT2D eigenvalue weighted by Gasteiger charge is -2.48. The van der Waals surface area contributed by atoms with Crippen LogP contribution in [0.25, 0.3) is 0 Å². The Morgan fingerprint density at radius 1 is 1.33 bits per heavy atom. The fourth-order valence-electron chi connectivity index (χ4n) is 3.54. The molecule has 4 nitrogen and oxygen atoms in total. The van der Waals surface area contributed by atoms with E-state index in [1.54, 1.807) is 4.90 Å². The summed E-state index contributed by atoms with van der Waals surface area (Å²) in [4.78, 5) is 16.4. The molecule has 1 amide bonds. The summed E-state index contributed by atoms with van der Waals surface area (Å²) in [5, 5.41) is 8.98. The lowest BCUT2D eigenvalue weighted by Crippen LogP contribution is -2.62. The first-order chi connectivity index (χ1) is 8.65. The van der Waals surface area contributed by atoms with Crippen molar-refractivity contribution >= 4 is 5.91 Å². The number of amides is 1. The SMILES string of the molecule is CC1CN(C)C(=O)C(CC#N)N1C1CCCCC1. The normalized spacial score (nSPS) is 31.4. The van der Waals surface area contributed by atoms with Crippen molar-refractivity contribution in [2.24, 2.45) is 0 Å². The van der Waals surface area contributed by atoms with Crippen LogP contribution in [0.15, 0.2) is 0 Å². The van der Waals surface area contributed by atoms with Crippen molar-refractivity contribution in [2.75, 3.05) is 13.6 Å². The van der Waals surface area contributed by atoms with Crippen molar-refractivity contribution < 1.29 is 4.79 Å². The molecule has 0 aromatic rings. The van der Waals surface area contributed by atoms with E-state index in [0.717, 1.165) is 6.54 Å². The van der Waals surface area contributed by atoms with Crippen LogP contribution < -0.4 is 0 Å². The van der Waals surface area contributed by atoms with Crippen LogP contribution in [0.2, 0.25) is 0 Å². The van der Waals surface area contributed by atoms with E-state index in [1.807, 2.05) is 7.05 Å². The molecule has 2 aliphatic rings. The topological polar surface area (TPSA) is 47.3 Å². The average Bonchev–Trinajstić information content (AvgIpc) is 2.37. The third-order valence-corrected chi connectivity index (χ3v) is 4.35.